The van der Waals surface area contributed by atoms with Gasteiger partial charge in [-0.2, -0.15) is 11.8 Å². The number of hydrogen-bond acceptors (Lipinski definition) is 4. The fraction of sp³-hybridized carbons (Fsp3) is 1.00. The molecule has 3 nitrogen and oxygen atoms in total. The summed E-state index contributed by atoms with van der Waals surface area (Å²) in [6.07, 6.45) is 3.39. The van der Waals surface area contributed by atoms with E-state index in [1.807, 2.05) is 11.8 Å². The molecule has 0 aromatic heterocycles. The highest BCUT2D eigenvalue weighted by molar-refractivity contribution is 7.99. The van der Waals surface area contributed by atoms with E-state index in [0.29, 0.717) is 13.0 Å². The molecule has 0 bridgehead atoms. The summed E-state index contributed by atoms with van der Waals surface area (Å²) in [7, 11) is 0. The normalized spacial score (nSPS) is 41.7. The second-order valence-electron chi connectivity index (χ2n) is 6.73. The second kappa shape index (κ2) is 6.11. The summed E-state index contributed by atoms with van der Waals surface area (Å²) in [5.41, 5.74) is -1.15. The van der Waals surface area contributed by atoms with Crippen molar-refractivity contribution in [2.24, 2.45) is 5.92 Å². The molecule has 116 valence electrons. The highest BCUT2D eigenvalue weighted by Crippen LogP contribution is 2.45. The van der Waals surface area contributed by atoms with Gasteiger partial charge >= 0.3 is 0 Å². The quantitative estimate of drug-likeness (QED) is 0.867. The Hall–Kier alpha value is 0.160. The molecule has 0 aromatic rings. The molecule has 20 heavy (non-hydrogen) atoms. The van der Waals surface area contributed by atoms with Gasteiger partial charge in [0.25, 0.3) is 0 Å². The lowest BCUT2D eigenvalue weighted by atomic mass is 9.75. The van der Waals surface area contributed by atoms with Crippen molar-refractivity contribution >= 4 is 11.8 Å². The predicted molar refractivity (Wildman–Crippen MR) is 80.1 cm³/mol. The van der Waals surface area contributed by atoms with E-state index in [1.54, 1.807) is 6.92 Å². The summed E-state index contributed by atoms with van der Waals surface area (Å²) < 4.78 is 26.7. The zero-order valence-corrected chi connectivity index (χ0v) is 13.1. The molecule has 1 N–H and O–H groups in total. The molecule has 0 aliphatic carbocycles. The van der Waals surface area contributed by atoms with Crippen LogP contribution in [0.15, 0.2) is 0 Å². The molecule has 4 unspecified atom stereocenters. The van der Waals surface area contributed by atoms with Crippen molar-refractivity contribution in [1.29, 1.82) is 0 Å². The lowest BCUT2D eigenvalue weighted by Crippen LogP contribution is -2.50. The Bertz CT molecular complexity index is 328. The molecule has 3 heterocycles. The van der Waals surface area contributed by atoms with Crippen LogP contribution in [0.1, 0.15) is 32.6 Å². The number of hydrogen-bond donors (Lipinski definition) is 1. The van der Waals surface area contributed by atoms with Crippen LogP contribution < -0.4 is 5.32 Å². The van der Waals surface area contributed by atoms with Gasteiger partial charge in [0.15, 0.2) is 0 Å². The maximum absolute atomic E-state index is 15.2. The van der Waals surface area contributed by atoms with E-state index in [9.17, 15) is 0 Å². The number of nitrogens with one attached hydrogen (secondary N) is 1. The van der Waals surface area contributed by atoms with E-state index in [0.717, 1.165) is 50.5 Å². The third-order valence-corrected chi connectivity index (χ3v) is 6.28. The first-order valence-electron chi connectivity index (χ1n) is 7.81. The third-order valence-electron chi connectivity index (χ3n) is 5.06. The molecule has 1 spiro atoms. The SMILES string of the molecule is CC(F)(CC1COCCN1)C1CCOC2(CCSC2)C1. The molecule has 3 fully saturated rings. The molecule has 0 saturated carbocycles. The number of morpholine rings is 1. The summed E-state index contributed by atoms with van der Waals surface area (Å²) in [4.78, 5) is 0. The first-order chi connectivity index (χ1) is 9.60. The summed E-state index contributed by atoms with van der Waals surface area (Å²) in [5, 5.41) is 3.37. The van der Waals surface area contributed by atoms with Gasteiger partial charge in [-0.3, -0.25) is 0 Å². The van der Waals surface area contributed by atoms with E-state index in [4.69, 9.17) is 9.47 Å². The predicted octanol–water partition coefficient (Wildman–Crippen LogP) is 2.40. The van der Waals surface area contributed by atoms with Crippen molar-refractivity contribution in [2.75, 3.05) is 37.9 Å². The average molecular weight is 303 g/mol. The Morgan fingerprint density at radius 2 is 2.35 bits per heavy atom. The zero-order chi connectivity index (χ0) is 14.1. The maximum Gasteiger partial charge on any atom is 0.112 e. The first kappa shape index (κ1) is 15.1. The number of ether oxygens (including phenoxy) is 2. The average Bonchev–Trinajstić information content (AvgIpc) is 2.87. The fourth-order valence-corrected chi connectivity index (χ4v) is 5.18. The van der Waals surface area contributed by atoms with Crippen molar-refractivity contribution in [3.63, 3.8) is 0 Å². The van der Waals surface area contributed by atoms with Gasteiger partial charge < -0.3 is 14.8 Å². The fourth-order valence-electron chi connectivity index (χ4n) is 3.80. The molecular weight excluding hydrogens is 277 g/mol. The van der Waals surface area contributed by atoms with Crippen LogP contribution in [0.4, 0.5) is 4.39 Å². The molecule has 0 amide bonds. The van der Waals surface area contributed by atoms with Crippen LogP contribution in [0.2, 0.25) is 0 Å². The topological polar surface area (TPSA) is 30.5 Å². The first-order valence-corrected chi connectivity index (χ1v) is 8.97. The molecule has 4 atom stereocenters. The third kappa shape index (κ3) is 3.32. The Morgan fingerprint density at radius 3 is 3.05 bits per heavy atom. The van der Waals surface area contributed by atoms with Crippen LogP contribution in [0.25, 0.3) is 0 Å². The minimum absolute atomic E-state index is 0.0303. The molecule has 5 heteroatoms. The van der Waals surface area contributed by atoms with Gasteiger partial charge in [0, 0.05) is 24.9 Å². The Balaban J connectivity index is 1.60. The van der Waals surface area contributed by atoms with Gasteiger partial charge in [-0.25, -0.2) is 4.39 Å². The maximum atomic E-state index is 15.2. The monoisotopic (exact) mass is 303 g/mol. The molecular formula is C15H26FNO2S. The summed E-state index contributed by atoms with van der Waals surface area (Å²) in [5.74, 6) is 2.33. The number of rotatable bonds is 3. The summed E-state index contributed by atoms with van der Waals surface area (Å²) in [6.45, 7) is 4.74. The number of thioether (sulfide) groups is 1. The van der Waals surface area contributed by atoms with E-state index < -0.39 is 5.67 Å². The molecule has 3 rings (SSSR count). The van der Waals surface area contributed by atoms with Crippen LogP contribution in [0, 0.1) is 5.92 Å². The van der Waals surface area contributed by atoms with Crippen LogP contribution >= 0.6 is 11.8 Å². The Kier molecular flexibility index (Phi) is 4.60. The zero-order valence-electron chi connectivity index (χ0n) is 12.3. The van der Waals surface area contributed by atoms with Gasteiger partial charge in [-0.05, 0) is 44.3 Å². The lowest BCUT2D eigenvalue weighted by Gasteiger charge is -2.43. The largest absolute Gasteiger partial charge is 0.379 e. The van der Waals surface area contributed by atoms with Crippen molar-refractivity contribution in [3.8, 4) is 0 Å². The highest BCUT2D eigenvalue weighted by Gasteiger charge is 2.47. The van der Waals surface area contributed by atoms with E-state index in [1.165, 1.54) is 0 Å². The van der Waals surface area contributed by atoms with Gasteiger partial charge in [0.1, 0.15) is 5.67 Å². The van der Waals surface area contributed by atoms with Gasteiger partial charge in [0.05, 0.1) is 18.8 Å². The van der Waals surface area contributed by atoms with E-state index >= 15 is 4.39 Å². The molecule has 0 radical (unpaired) electrons. The van der Waals surface area contributed by atoms with E-state index in [2.05, 4.69) is 5.32 Å². The molecule has 0 aromatic carbocycles. The van der Waals surface area contributed by atoms with Crippen molar-refractivity contribution in [3.05, 3.63) is 0 Å². The highest BCUT2D eigenvalue weighted by atomic mass is 32.2. The van der Waals surface area contributed by atoms with Crippen molar-refractivity contribution in [2.45, 2.75) is 49.9 Å². The minimum Gasteiger partial charge on any atom is -0.379 e. The lowest BCUT2D eigenvalue weighted by molar-refractivity contribution is -0.112. The summed E-state index contributed by atoms with van der Waals surface area (Å²) in [6, 6.07) is 0.162. The Morgan fingerprint density at radius 1 is 1.45 bits per heavy atom. The van der Waals surface area contributed by atoms with Crippen molar-refractivity contribution in [1.82, 2.24) is 5.32 Å². The Labute approximate surface area is 125 Å². The van der Waals surface area contributed by atoms with Crippen LogP contribution in [-0.4, -0.2) is 55.2 Å². The number of halogens is 1. The van der Waals surface area contributed by atoms with Crippen LogP contribution in [-0.2, 0) is 9.47 Å². The molecule has 3 aliphatic heterocycles. The van der Waals surface area contributed by atoms with Gasteiger partial charge in [-0.15, -0.1) is 0 Å². The molecule has 3 saturated heterocycles. The van der Waals surface area contributed by atoms with E-state index in [-0.39, 0.29) is 17.6 Å². The van der Waals surface area contributed by atoms with Crippen LogP contribution in [0.3, 0.4) is 0 Å². The van der Waals surface area contributed by atoms with Crippen LogP contribution in [0.5, 0.6) is 0 Å². The minimum atomic E-state index is -1.12. The molecule has 3 aliphatic rings. The van der Waals surface area contributed by atoms with Gasteiger partial charge in [-0.1, -0.05) is 0 Å². The smallest absolute Gasteiger partial charge is 0.112 e. The summed E-state index contributed by atoms with van der Waals surface area (Å²) >= 11 is 1.95. The van der Waals surface area contributed by atoms with Crippen molar-refractivity contribution < 1.29 is 13.9 Å². The standard InChI is InChI=1S/C15H26FNO2S/c1-14(16,9-13-10-18-6-4-17-13)12-2-5-19-15(8-12)3-7-20-11-15/h12-13,17H,2-11H2,1H3. The number of alkyl halides is 1. The van der Waals surface area contributed by atoms with Gasteiger partial charge in [0.2, 0.25) is 0 Å². The second-order valence-corrected chi connectivity index (χ2v) is 7.84.